The molecule has 6 nitrogen and oxygen atoms in total. The Hall–Kier alpha value is -3.77. The summed E-state index contributed by atoms with van der Waals surface area (Å²) < 4.78 is 10.6. The number of nitrogens with zero attached hydrogens (tertiary/aromatic N) is 1. The topological polar surface area (TPSA) is 76.2 Å². The first-order chi connectivity index (χ1) is 16.5. The van der Waals surface area contributed by atoms with Crippen LogP contribution < -0.4 is 14.8 Å². The molecule has 2 N–H and O–H groups in total. The number of amides is 1. The largest absolute Gasteiger partial charge is 0.497 e. The number of carbonyl (C=O) groups is 1. The van der Waals surface area contributed by atoms with E-state index in [0.717, 1.165) is 28.2 Å². The van der Waals surface area contributed by atoms with Gasteiger partial charge in [-0.15, -0.1) is 11.6 Å². The summed E-state index contributed by atoms with van der Waals surface area (Å²) in [6, 6.07) is 22.3. The molecule has 0 spiro atoms. The van der Waals surface area contributed by atoms with E-state index in [0.29, 0.717) is 11.4 Å². The maximum absolute atomic E-state index is 13.0. The Balaban J connectivity index is 1.74. The third-order valence-corrected chi connectivity index (χ3v) is 6.43. The molecule has 4 rings (SSSR count). The highest BCUT2D eigenvalue weighted by Gasteiger charge is 2.35. The maximum atomic E-state index is 13.0. The fourth-order valence-electron chi connectivity index (χ4n) is 3.88. The third-order valence-electron chi connectivity index (χ3n) is 5.78. The second-order valence-electron chi connectivity index (χ2n) is 7.87. The van der Waals surface area contributed by atoms with Gasteiger partial charge in [-0.25, -0.2) is 4.98 Å². The van der Waals surface area contributed by atoms with Crippen LogP contribution in [0.15, 0.2) is 85.2 Å². The zero-order valence-electron chi connectivity index (χ0n) is 19.2. The summed E-state index contributed by atoms with van der Waals surface area (Å²) in [5, 5.41) is 2.98. The Morgan fingerprint density at radius 1 is 0.941 bits per heavy atom. The number of methoxy groups -OCH3 is 2. The first-order valence-corrected chi connectivity index (χ1v) is 11.2. The molecule has 1 amide bonds. The van der Waals surface area contributed by atoms with Crippen molar-refractivity contribution in [3.8, 4) is 11.5 Å². The number of alkyl halides is 1. The number of hydrogen-bond acceptors (Lipinski definition) is 4. The highest BCUT2D eigenvalue weighted by molar-refractivity contribution is 6.28. The second-order valence-corrected chi connectivity index (χ2v) is 8.43. The van der Waals surface area contributed by atoms with Gasteiger partial charge in [0.25, 0.3) is 5.91 Å². The average molecular weight is 476 g/mol. The van der Waals surface area contributed by atoms with Crippen molar-refractivity contribution in [2.75, 3.05) is 14.2 Å². The van der Waals surface area contributed by atoms with Crippen molar-refractivity contribution in [2.45, 2.75) is 17.8 Å². The number of aromatic amines is 1. The number of hydrogen-bond donors (Lipinski definition) is 2. The maximum Gasteiger partial charge on any atom is 0.251 e. The molecule has 1 atom stereocenters. The van der Waals surface area contributed by atoms with Crippen molar-refractivity contribution < 1.29 is 14.3 Å². The molecular weight excluding hydrogens is 450 g/mol. The van der Waals surface area contributed by atoms with Gasteiger partial charge >= 0.3 is 0 Å². The summed E-state index contributed by atoms with van der Waals surface area (Å²) in [6.07, 6.45) is 3.38. The van der Waals surface area contributed by atoms with Crippen LogP contribution in [-0.2, 0) is 4.87 Å². The van der Waals surface area contributed by atoms with Crippen LogP contribution in [0, 0.1) is 0 Å². The molecule has 7 heteroatoms. The minimum Gasteiger partial charge on any atom is -0.497 e. The molecule has 3 aromatic carbocycles. The lowest BCUT2D eigenvalue weighted by Crippen LogP contribution is -2.28. The fraction of sp³-hybridized carbons (Fsp3) is 0.185. The van der Waals surface area contributed by atoms with E-state index in [1.54, 1.807) is 32.7 Å². The van der Waals surface area contributed by atoms with Gasteiger partial charge in [0.2, 0.25) is 0 Å². The predicted octanol–water partition coefficient (Wildman–Crippen LogP) is 5.45. The molecule has 0 bridgehead atoms. The van der Waals surface area contributed by atoms with E-state index in [9.17, 15) is 4.79 Å². The van der Waals surface area contributed by atoms with E-state index in [-0.39, 0.29) is 11.9 Å². The molecule has 4 aromatic rings. The van der Waals surface area contributed by atoms with E-state index in [1.807, 2.05) is 73.7 Å². The molecule has 1 aromatic heterocycles. The zero-order chi connectivity index (χ0) is 24.1. The number of H-pyrrole nitrogens is 1. The van der Waals surface area contributed by atoms with Gasteiger partial charge in [-0.1, -0.05) is 36.4 Å². The number of nitrogens with one attached hydrogen (secondary N) is 2. The molecule has 0 aliphatic rings. The molecule has 0 saturated carbocycles. The van der Waals surface area contributed by atoms with Gasteiger partial charge in [0.1, 0.15) is 22.2 Å². The molecule has 0 fully saturated rings. The molecule has 1 heterocycles. The van der Waals surface area contributed by atoms with Gasteiger partial charge in [0.05, 0.1) is 20.3 Å². The number of benzene rings is 3. The van der Waals surface area contributed by atoms with Crippen LogP contribution in [0.3, 0.4) is 0 Å². The quantitative estimate of drug-likeness (QED) is 0.262. The van der Waals surface area contributed by atoms with Crippen LogP contribution in [-0.4, -0.2) is 30.1 Å². The predicted molar refractivity (Wildman–Crippen MR) is 133 cm³/mol. The summed E-state index contributed by atoms with van der Waals surface area (Å²) in [4.78, 5) is 19.2. The van der Waals surface area contributed by atoms with Crippen LogP contribution >= 0.6 is 11.6 Å². The van der Waals surface area contributed by atoms with E-state index in [2.05, 4.69) is 15.3 Å². The van der Waals surface area contributed by atoms with Gasteiger partial charge in [-0.3, -0.25) is 4.79 Å². The third kappa shape index (κ3) is 4.63. The lowest BCUT2D eigenvalue weighted by atomic mass is 9.83. The first-order valence-electron chi connectivity index (χ1n) is 10.8. The van der Waals surface area contributed by atoms with Gasteiger partial charge < -0.3 is 19.8 Å². The highest BCUT2D eigenvalue weighted by Crippen LogP contribution is 2.44. The SMILES string of the molecule is COc1ccc(C(Cl)(c2ccc(OC)cc2)c2cccc(C(=O)NC(C)c3ncc[nH]3)c2)cc1. The number of rotatable bonds is 8. The summed E-state index contributed by atoms with van der Waals surface area (Å²) in [5.41, 5.74) is 2.97. The molecule has 1 unspecified atom stereocenters. The van der Waals surface area contributed by atoms with Crippen molar-refractivity contribution >= 4 is 17.5 Å². The van der Waals surface area contributed by atoms with E-state index in [4.69, 9.17) is 21.1 Å². The standard InChI is InChI=1S/C27H26ClN3O3/c1-18(25-29-15-16-30-25)31-26(32)19-5-4-6-22(17-19)27(28,20-7-11-23(33-2)12-8-20)21-9-13-24(34-3)14-10-21/h4-18H,1-3H3,(H,29,30)(H,31,32). The Kier molecular flexibility index (Phi) is 6.89. The molecular formula is C27H26ClN3O3. The Labute approximate surface area is 203 Å². The van der Waals surface area contributed by atoms with E-state index >= 15 is 0 Å². The summed E-state index contributed by atoms with van der Waals surface area (Å²) in [7, 11) is 3.25. The lowest BCUT2D eigenvalue weighted by molar-refractivity contribution is 0.0938. The zero-order valence-corrected chi connectivity index (χ0v) is 20.0. The molecule has 0 radical (unpaired) electrons. The fourth-order valence-corrected chi connectivity index (χ4v) is 4.25. The first kappa shape index (κ1) is 23.4. The number of carbonyl (C=O) groups excluding carboxylic acids is 1. The number of ether oxygens (including phenoxy) is 2. The van der Waals surface area contributed by atoms with Gasteiger partial charge in [0.15, 0.2) is 0 Å². The summed E-state index contributed by atoms with van der Waals surface area (Å²) in [5.74, 6) is 1.94. The Bertz CT molecular complexity index is 1190. The van der Waals surface area contributed by atoms with Crippen LogP contribution in [0.5, 0.6) is 11.5 Å². The van der Waals surface area contributed by atoms with Crippen molar-refractivity contribution in [2.24, 2.45) is 0 Å². The summed E-state index contributed by atoms with van der Waals surface area (Å²) in [6.45, 7) is 1.88. The molecule has 0 aliphatic carbocycles. The van der Waals surface area contributed by atoms with Crippen LogP contribution in [0.2, 0.25) is 0 Å². The highest BCUT2D eigenvalue weighted by atomic mass is 35.5. The smallest absolute Gasteiger partial charge is 0.251 e. The minimum absolute atomic E-state index is 0.214. The number of imidazole rings is 1. The minimum atomic E-state index is -1.04. The molecule has 0 aliphatic heterocycles. The normalized spacial score (nSPS) is 12.1. The van der Waals surface area contributed by atoms with E-state index < -0.39 is 4.87 Å². The van der Waals surface area contributed by atoms with Crippen LogP contribution in [0.25, 0.3) is 0 Å². The van der Waals surface area contributed by atoms with Crippen LogP contribution in [0.4, 0.5) is 0 Å². The average Bonchev–Trinajstić information content (AvgIpc) is 3.44. The molecule has 174 valence electrons. The van der Waals surface area contributed by atoms with Gasteiger partial charge in [0, 0.05) is 18.0 Å². The monoisotopic (exact) mass is 475 g/mol. The van der Waals surface area contributed by atoms with Crippen LogP contribution in [0.1, 0.15) is 45.8 Å². The van der Waals surface area contributed by atoms with Gasteiger partial charge in [-0.2, -0.15) is 0 Å². The van der Waals surface area contributed by atoms with Crippen molar-refractivity contribution in [3.63, 3.8) is 0 Å². The Morgan fingerprint density at radius 3 is 2.03 bits per heavy atom. The van der Waals surface area contributed by atoms with Crippen molar-refractivity contribution in [1.82, 2.24) is 15.3 Å². The summed E-state index contributed by atoms with van der Waals surface area (Å²) >= 11 is 7.44. The van der Waals surface area contributed by atoms with E-state index in [1.165, 1.54) is 0 Å². The molecule has 0 saturated heterocycles. The van der Waals surface area contributed by atoms with Crippen molar-refractivity contribution in [1.29, 1.82) is 0 Å². The van der Waals surface area contributed by atoms with Crippen molar-refractivity contribution in [3.05, 3.63) is 113 Å². The number of halogens is 1. The lowest BCUT2D eigenvalue weighted by Gasteiger charge is -2.30. The molecule has 34 heavy (non-hydrogen) atoms. The number of aromatic nitrogens is 2. The second kappa shape index (κ2) is 10.0. The Morgan fingerprint density at radius 2 is 1.53 bits per heavy atom. The van der Waals surface area contributed by atoms with Gasteiger partial charge in [-0.05, 0) is 60.0 Å².